The Labute approximate surface area is 137 Å². The second-order valence-electron chi connectivity index (χ2n) is 4.38. The van der Waals surface area contributed by atoms with Crippen LogP contribution in [0.4, 0.5) is 0 Å². The molecule has 10 heteroatoms. The molecular weight excluding hydrogens is 324 g/mol. The lowest BCUT2D eigenvalue weighted by Crippen LogP contribution is -2.42. The van der Waals surface area contributed by atoms with Gasteiger partial charge in [-0.3, -0.25) is 0 Å². The average molecular weight is 359 g/mol. The van der Waals surface area contributed by atoms with E-state index in [0.717, 1.165) is 24.9 Å². The lowest BCUT2D eigenvalue weighted by atomic mass is 10.5. The largest absolute Gasteiger partial charge is 0.500 e. The van der Waals surface area contributed by atoms with Crippen LogP contribution in [0.2, 0.25) is 12.1 Å². The minimum atomic E-state index is -2.32. The normalized spacial score (nSPS) is 12.0. The van der Waals surface area contributed by atoms with E-state index in [9.17, 15) is 0 Å². The summed E-state index contributed by atoms with van der Waals surface area (Å²) in [7, 11) is 5.00. The van der Waals surface area contributed by atoms with E-state index in [-0.39, 0.29) is 0 Å². The van der Waals surface area contributed by atoms with Gasteiger partial charge in [0.05, 0.1) is 0 Å². The Bertz CT molecular complexity index is 203. The van der Waals surface area contributed by atoms with Gasteiger partial charge in [-0.15, -0.1) is 0 Å². The van der Waals surface area contributed by atoms with Crippen LogP contribution >= 0.6 is 0 Å². The number of rotatable bonds is 12. The van der Waals surface area contributed by atoms with Crippen LogP contribution in [0.5, 0.6) is 0 Å². The second kappa shape index (κ2) is 14.7. The summed E-state index contributed by atoms with van der Waals surface area (Å²) in [6.45, 7) is 1.29. The number of hydrogen-bond donors (Lipinski definition) is 2. The SMILES string of the molecule is CO[Si](CCCN)(OC)OC.CO[Si](CCCN)(OC)OC. The van der Waals surface area contributed by atoms with Gasteiger partial charge in [0.1, 0.15) is 0 Å². The maximum Gasteiger partial charge on any atom is 0.500 e. The van der Waals surface area contributed by atoms with E-state index in [4.69, 9.17) is 38.0 Å². The van der Waals surface area contributed by atoms with Gasteiger partial charge >= 0.3 is 17.6 Å². The van der Waals surface area contributed by atoms with Gasteiger partial charge in [-0.2, -0.15) is 0 Å². The van der Waals surface area contributed by atoms with E-state index in [1.54, 1.807) is 42.7 Å². The Kier molecular flexibility index (Phi) is 16.3. The van der Waals surface area contributed by atoms with E-state index in [2.05, 4.69) is 0 Å². The standard InChI is InChI=1S/2C6H17NO3Si/c2*1-8-11(9-2,10-3)6-4-5-7/h2*4-7H2,1-3H3. The Balaban J connectivity index is 0. The van der Waals surface area contributed by atoms with Gasteiger partial charge in [-0.25, -0.2) is 0 Å². The lowest BCUT2D eigenvalue weighted by molar-refractivity contribution is 0.122. The molecule has 0 aromatic carbocycles. The van der Waals surface area contributed by atoms with Gasteiger partial charge in [0.2, 0.25) is 0 Å². The Morgan fingerprint density at radius 3 is 0.909 bits per heavy atom. The molecule has 0 aromatic heterocycles. The zero-order chi connectivity index (χ0) is 17.5. The molecular formula is C12H34N2O6Si2. The molecule has 4 N–H and O–H groups in total. The summed E-state index contributed by atoms with van der Waals surface area (Å²) in [6.07, 6.45) is 1.75. The fraction of sp³-hybridized carbons (Fsp3) is 1.00. The van der Waals surface area contributed by atoms with Crippen molar-refractivity contribution in [3.05, 3.63) is 0 Å². The minimum absolute atomic E-state index is 0.644. The van der Waals surface area contributed by atoms with Gasteiger partial charge in [-0.1, -0.05) is 0 Å². The zero-order valence-electron chi connectivity index (χ0n) is 14.8. The van der Waals surface area contributed by atoms with Gasteiger partial charge in [-0.05, 0) is 25.9 Å². The fourth-order valence-corrected chi connectivity index (χ4v) is 5.25. The van der Waals surface area contributed by atoms with E-state index < -0.39 is 17.6 Å². The zero-order valence-corrected chi connectivity index (χ0v) is 16.8. The van der Waals surface area contributed by atoms with Gasteiger partial charge < -0.3 is 38.0 Å². The first kappa shape index (κ1) is 24.4. The highest BCUT2D eigenvalue weighted by atomic mass is 28.4. The highest BCUT2D eigenvalue weighted by molar-refractivity contribution is 6.60. The van der Waals surface area contributed by atoms with Crippen molar-refractivity contribution >= 4 is 17.6 Å². The Hall–Kier alpha value is 0.114. The third-order valence-corrected chi connectivity index (χ3v) is 8.90. The van der Waals surface area contributed by atoms with E-state index >= 15 is 0 Å². The lowest BCUT2D eigenvalue weighted by Gasteiger charge is -2.23. The molecule has 0 unspecified atom stereocenters. The van der Waals surface area contributed by atoms with Crippen LogP contribution in [0, 0.1) is 0 Å². The maximum absolute atomic E-state index is 5.36. The summed E-state index contributed by atoms with van der Waals surface area (Å²) < 4.78 is 31.1. The molecule has 0 saturated carbocycles. The topological polar surface area (TPSA) is 107 Å². The molecule has 8 nitrogen and oxygen atoms in total. The predicted octanol–water partition coefficient (Wildman–Crippen LogP) is 0.427. The first-order valence-electron chi connectivity index (χ1n) is 7.20. The summed E-state index contributed by atoms with van der Waals surface area (Å²) in [5.74, 6) is 0. The first-order valence-corrected chi connectivity index (χ1v) is 11.1. The molecule has 0 aliphatic heterocycles. The van der Waals surface area contributed by atoms with Crippen LogP contribution in [0.1, 0.15) is 12.8 Å². The molecule has 0 heterocycles. The highest BCUT2D eigenvalue weighted by Gasteiger charge is 2.37. The van der Waals surface area contributed by atoms with E-state index in [1.807, 2.05) is 0 Å². The summed E-state index contributed by atoms with van der Waals surface area (Å²) >= 11 is 0. The van der Waals surface area contributed by atoms with Crippen LogP contribution < -0.4 is 11.5 Å². The minimum Gasteiger partial charge on any atom is -0.377 e. The van der Waals surface area contributed by atoms with Crippen molar-refractivity contribution in [2.75, 3.05) is 55.7 Å². The molecule has 0 saturated heterocycles. The summed E-state index contributed by atoms with van der Waals surface area (Å²) in [5, 5.41) is 0. The van der Waals surface area contributed by atoms with E-state index in [0.29, 0.717) is 13.1 Å². The summed E-state index contributed by atoms with van der Waals surface area (Å²) in [6, 6.07) is 1.57. The third kappa shape index (κ3) is 9.30. The van der Waals surface area contributed by atoms with Crippen molar-refractivity contribution < 1.29 is 26.6 Å². The number of nitrogens with two attached hydrogens (primary N) is 2. The molecule has 0 atom stereocenters. The van der Waals surface area contributed by atoms with Gasteiger partial charge in [0.15, 0.2) is 0 Å². The van der Waals surface area contributed by atoms with Crippen LogP contribution in [0.15, 0.2) is 0 Å². The van der Waals surface area contributed by atoms with Crippen LogP contribution in [0.3, 0.4) is 0 Å². The van der Waals surface area contributed by atoms with Gasteiger partial charge in [0.25, 0.3) is 0 Å². The van der Waals surface area contributed by atoms with Crippen LogP contribution in [-0.4, -0.2) is 73.4 Å². The van der Waals surface area contributed by atoms with Crippen LogP contribution in [0.25, 0.3) is 0 Å². The van der Waals surface area contributed by atoms with Crippen molar-refractivity contribution in [2.24, 2.45) is 11.5 Å². The van der Waals surface area contributed by atoms with Crippen molar-refractivity contribution in [2.45, 2.75) is 24.9 Å². The molecule has 0 radical (unpaired) electrons. The second-order valence-corrected chi connectivity index (χ2v) is 10.6. The predicted molar refractivity (Wildman–Crippen MR) is 90.5 cm³/mol. The smallest absolute Gasteiger partial charge is 0.377 e. The van der Waals surface area contributed by atoms with Crippen molar-refractivity contribution in [1.82, 2.24) is 0 Å². The molecule has 0 bridgehead atoms. The molecule has 0 spiro atoms. The Morgan fingerprint density at radius 2 is 0.773 bits per heavy atom. The Morgan fingerprint density at radius 1 is 0.545 bits per heavy atom. The molecule has 0 aromatic rings. The molecule has 0 fully saturated rings. The molecule has 22 heavy (non-hydrogen) atoms. The molecule has 0 rings (SSSR count). The van der Waals surface area contributed by atoms with E-state index in [1.165, 1.54) is 0 Å². The van der Waals surface area contributed by atoms with Crippen molar-refractivity contribution in [3.63, 3.8) is 0 Å². The molecule has 0 aliphatic carbocycles. The third-order valence-electron chi connectivity index (χ3n) is 3.24. The first-order chi connectivity index (χ1) is 10.5. The molecule has 136 valence electrons. The summed E-state index contributed by atoms with van der Waals surface area (Å²) in [5.41, 5.74) is 10.7. The molecule has 0 aliphatic rings. The quantitative estimate of drug-likeness (QED) is 0.484. The molecule has 0 amide bonds. The monoisotopic (exact) mass is 358 g/mol. The highest BCUT2D eigenvalue weighted by Crippen LogP contribution is 2.14. The summed E-state index contributed by atoms with van der Waals surface area (Å²) in [4.78, 5) is 0. The van der Waals surface area contributed by atoms with Crippen molar-refractivity contribution in [1.29, 1.82) is 0 Å². The average Bonchev–Trinajstić information content (AvgIpc) is 2.59. The van der Waals surface area contributed by atoms with Crippen molar-refractivity contribution in [3.8, 4) is 0 Å². The number of hydrogen-bond acceptors (Lipinski definition) is 8. The maximum atomic E-state index is 5.36. The van der Waals surface area contributed by atoms with Gasteiger partial charge in [0, 0.05) is 54.7 Å². The fourth-order valence-electron chi connectivity index (χ4n) is 1.75. The van der Waals surface area contributed by atoms with Crippen LogP contribution in [-0.2, 0) is 26.6 Å².